The van der Waals surface area contributed by atoms with Gasteiger partial charge in [0.15, 0.2) is 5.70 Å². The molecule has 0 saturated carbocycles. The summed E-state index contributed by atoms with van der Waals surface area (Å²) in [5.74, 6) is 0. The first-order chi connectivity index (χ1) is 8.51. The molecule has 0 fully saturated rings. The molecule has 3 nitrogen and oxygen atoms in total. The van der Waals surface area contributed by atoms with Crippen LogP contribution >= 0.6 is 0 Å². The molecule has 6 heteroatoms. The Bertz CT molecular complexity index is 596. The van der Waals surface area contributed by atoms with E-state index in [1.807, 2.05) is 13.8 Å². The second-order valence-corrected chi connectivity index (χ2v) is 4.86. The minimum Gasteiger partial charge on any atom is -0.395 e. The Kier molecular flexibility index (Phi) is 2.23. The van der Waals surface area contributed by atoms with Crippen LogP contribution in [0.5, 0.6) is 0 Å². The predicted octanol–water partition coefficient (Wildman–Crippen LogP) is 2.04. The summed E-state index contributed by atoms with van der Waals surface area (Å²) < 4.78 is 30.7. The number of nitrogens with zero attached hydrogens (tertiary/aromatic N) is 2. The molecule has 0 saturated heterocycles. The number of hydrogen-bond acceptors (Lipinski definition) is 1. The molecular weight excluding hydrogens is 235 g/mol. The summed E-state index contributed by atoms with van der Waals surface area (Å²) in [6, 6.07) is 3.56. The van der Waals surface area contributed by atoms with Crippen molar-refractivity contribution in [2.45, 2.75) is 19.9 Å². The van der Waals surface area contributed by atoms with Gasteiger partial charge in [0.2, 0.25) is 0 Å². The molecular formula is C12H14BF2N3. The lowest BCUT2D eigenvalue weighted by Crippen LogP contribution is -2.50. The Hall–Kier alpha value is -1.85. The van der Waals surface area contributed by atoms with Gasteiger partial charge in [-0.3, -0.25) is 0 Å². The summed E-state index contributed by atoms with van der Waals surface area (Å²) >= 11 is 0. The molecule has 1 aromatic heterocycles. The monoisotopic (exact) mass is 249 g/mol. The van der Waals surface area contributed by atoms with Crippen LogP contribution in [0, 0.1) is 0 Å². The Morgan fingerprint density at radius 2 is 2.17 bits per heavy atom. The molecule has 0 aromatic carbocycles. The van der Waals surface area contributed by atoms with E-state index >= 15 is 0 Å². The fourth-order valence-electron chi connectivity index (χ4n) is 2.45. The average molecular weight is 249 g/mol. The molecule has 3 rings (SSSR count). The number of rotatable bonds is 2. The number of aromatic nitrogens is 1. The van der Waals surface area contributed by atoms with E-state index in [0.717, 1.165) is 14.7 Å². The van der Waals surface area contributed by atoms with E-state index in [1.165, 1.54) is 12.4 Å². The van der Waals surface area contributed by atoms with Crippen LogP contribution in [0.1, 0.15) is 19.5 Å². The lowest BCUT2D eigenvalue weighted by molar-refractivity contribution is -0.356. The molecule has 0 radical (unpaired) electrons. The standard InChI is InChI=1S/C12H14BF2N3/c1-9(2)16-12-10-5-3-7-17(10)13(14,15)18-8-4-6-11(12)18/h3-9,16H,1-2H3. The van der Waals surface area contributed by atoms with Crippen LogP contribution in [-0.2, 0) is 0 Å². The van der Waals surface area contributed by atoms with Crippen LogP contribution in [0.15, 0.2) is 36.2 Å². The van der Waals surface area contributed by atoms with Gasteiger partial charge in [0.1, 0.15) is 11.9 Å². The highest BCUT2D eigenvalue weighted by Crippen LogP contribution is 2.33. The van der Waals surface area contributed by atoms with E-state index in [1.54, 1.807) is 24.3 Å². The second kappa shape index (κ2) is 3.57. The van der Waals surface area contributed by atoms with Crippen molar-refractivity contribution in [1.82, 2.24) is 9.79 Å². The third-order valence-corrected chi connectivity index (χ3v) is 3.17. The van der Waals surface area contributed by atoms with Crippen LogP contribution in [0.4, 0.5) is 8.63 Å². The maximum absolute atomic E-state index is 14.3. The van der Waals surface area contributed by atoms with E-state index < -0.39 is 6.97 Å². The number of fused-ring (bicyclic) bond motifs is 2. The fraction of sp³-hybridized carbons (Fsp3) is 0.250. The summed E-state index contributed by atoms with van der Waals surface area (Å²) in [5, 5.41) is 3.26. The molecule has 0 spiro atoms. The van der Waals surface area contributed by atoms with Gasteiger partial charge in [0.05, 0.1) is 0 Å². The second-order valence-electron chi connectivity index (χ2n) is 4.86. The first kappa shape index (κ1) is 11.3. The fourth-order valence-corrected chi connectivity index (χ4v) is 2.45. The number of hydrogen-bond donors (Lipinski definition) is 1. The first-order valence-electron chi connectivity index (χ1n) is 6.02. The number of halogens is 2. The summed E-state index contributed by atoms with van der Waals surface area (Å²) in [7, 11) is 0. The van der Waals surface area contributed by atoms with Crippen molar-refractivity contribution in [3.63, 3.8) is 0 Å². The van der Waals surface area contributed by atoms with Crippen LogP contribution in [0.3, 0.4) is 0 Å². The van der Waals surface area contributed by atoms with Crippen molar-refractivity contribution < 1.29 is 13.1 Å². The molecule has 2 aliphatic heterocycles. The van der Waals surface area contributed by atoms with Crippen molar-refractivity contribution in [2.24, 2.45) is 0 Å². The van der Waals surface area contributed by atoms with E-state index in [0.29, 0.717) is 11.4 Å². The summed E-state index contributed by atoms with van der Waals surface area (Å²) in [6.45, 7) is 0.211. The summed E-state index contributed by atoms with van der Waals surface area (Å²) in [6.07, 6.45) is 6.23. The Balaban J connectivity index is 2.24. The van der Waals surface area contributed by atoms with Gasteiger partial charge >= 0.3 is 6.97 Å². The van der Waals surface area contributed by atoms with E-state index in [9.17, 15) is 8.63 Å². The molecule has 0 atom stereocenters. The highest BCUT2D eigenvalue weighted by Gasteiger charge is 2.51. The van der Waals surface area contributed by atoms with Crippen LogP contribution in [0.2, 0.25) is 0 Å². The van der Waals surface area contributed by atoms with Gasteiger partial charge in [0, 0.05) is 23.9 Å². The van der Waals surface area contributed by atoms with Crippen LogP contribution in [-0.4, -0.2) is 28.2 Å². The molecule has 0 amide bonds. The van der Waals surface area contributed by atoms with Crippen molar-refractivity contribution in [3.8, 4) is 0 Å². The zero-order valence-electron chi connectivity index (χ0n) is 10.3. The smallest absolute Gasteiger partial charge is 0.395 e. The van der Waals surface area contributed by atoms with Gasteiger partial charge in [-0.1, -0.05) is 0 Å². The first-order valence-corrected chi connectivity index (χ1v) is 6.02. The van der Waals surface area contributed by atoms with Gasteiger partial charge in [-0.25, -0.2) is 0 Å². The Labute approximate surface area is 104 Å². The van der Waals surface area contributed by atoms with Crippen molar-refractivity contribution in [1.29, 1.82) is 0 Å². The van der Waals surface area contributed by atoms with Gasteiger partial charge in [-0.15, -0.1) is 0 Å². The Morgan fingerprint density at radius 1 is 1.39 bits per heavy atom. The summed E-state index contributed by atoms with van der Waals surface area (Å²) in [5.41, 5.74) is 1.84. The van der Waals surface area contributed by atoms with Crippen LogP contribution in [0.25, 0.3) is 5.70 Å². The van der Waals surface area contributed by atoms with E-state index in [4.69, 9.17) is 0 Å². The lowest BCUT2D eigenvalue weighted by atomic mass is 9.91. The molecule has 1 N–H and O–H groups in total. The van der Waals surface area contributed by atoms with Crippen molar-refractivity contribution >= 4 is 18.9 Å². The zero-order valence-corrected chi connectivity index (χ0v) is 10.3. The van der Waals surface area contributed by atoms with E-state index in [2.05, 4.69) is 5.32 Å². The largest absolute Gasteiger partial charge is 0.737 e. The quantitative estimate of drug-likeness (QED) is 0.795. The minimum absolute atomic E-state index is 0.186. The van der Waals surface area contributed by atoms with Crippen LogP contribution < -0.4 is 5.32 Å². The molecule has 1 aromatic rings. The normalized spacial score (nSPS) is 19.9. The molecule has 2 aliphatic rings. The van der Waals surface area contributed by atoms with Gasteiger partial charge in [-0.05, 0) is 32.2 Å². The molecule has 94 valence electrons. The van der Waals surface area contributed by atoms with E-state index in [-0.39, 0.29) is 6.04 Å². The van der Waals surface area contributed by atoms with Gasteiger partial charge in [-0.2, -0.15) is 0 Å². The number of allylic oxidation sites excluding steroid dienone is 2. The number of nitrogens with one attached hydrogen (secondary N) is 1. The minimum atomic E-state index is -3.77. The molecule has 0 bridgehead atoms. The van der Waals surface area contributed by atoms with Crippen molar-refractivity contribution in [3.05, 3.63) is 41.9 Å². The maximum Gasteiger partial charge on any atom is 0.737 e. The molecule has 0 aliphatic carbocycles. The maximum atomic E-state index is 14.3. The predicted molar refractivity (Wildman–Crippen MR) is 68.5 cm³/mol. The molecule has 18 heavy (non-hydrogen) atoms. The third kappa shape index (κ3) is 1.38. The highest BCUT2D eigenvalue weighted by molar-refractivity contribution is 6.57. The molecule has 0 unspecified atom stereocenters. The molecule has 3 heterocycles. The third-order valence-electron chi connectivity index (χ3n) is 3.17. The SMILES string of the molecule is CC(C)NC1=C2C=CC=[N+]2[B-](F)(F)n2cccc21. The van der Waals surface area contributed by atoms with Crippen molar-refractivity contribution in [2.75, 3.05) is 0 Å². The van der Waals surface area contributed by atoms with Gasteiger partial charge < -0.3 is 22.9 Å². The summed E-state index contributed by atoms with van der Waals surface area (Å²) in [4.78, 5) is 0. The zero-order chi connectivity index (χ0) is 12.9. The van der Waals surface area contributed by atoms with Gasteiger partial charge in [0.25, 0.3) is 0 Å². The lowest BCUT2D eigenvalue weighted by Gasteiger charge is -2.31. The highest BCUT2D eigenvalue weighted by atomic mass is 19.2. The topological polar surface area (TPSA) is 20.0 Å². The average Bonchev–Trinajstić information content (AvgIpc) is 2.93. The Morgan fingerprint density at radius 3 is 2.89 bits per heavy atom.